The van der Waals surface area contributed by atoms with Gasteiger partial charge in [0.15, 0.2) is 0 Å². The monoisotopic (exact) mass is 436 g/mol. The predicted molar refractivity (Wildman–Crippen MR) is 124 cm³/mol. The van der Waals surface area contributed by atoms with Crippen LogP contribution in [0.4, 0.5) is 0 Å². The molecule has 0 spiro atoms. The number of nitrogens with zero attached hydrogens (tertiary/aromatic N) is 1. The Morgan fingerprint density at radius 2 is 2.03 bits per heavy atom. The van der Waals surface area contributed by atoms with Gasteiger partial charge in [-0.3, -0.25) is 4.79 Å². The number of para-hydroxylation sites is 1. The Morgan fingerprint density at radius 3 is 2.87 bits per heavy atom. The molecule has 4 nitrogen and oxygen atoms in total. The van der Waals surface area contributed by atoms with Gasteiger partial charge in [-0.2, -0.15) is 0 Å². The summed E-state index contributed by atoms with van der Waals surface area (Å²) in [5.74, 6) is 2.73. The minimum Gasteiger partial charge on any atom is -0.467 e. The lowest BCUT2D eigenvalue weighted by Crippen LogP contribution is -2.61. The summed E-state index contributed by atoms with van der Waals surface area (Å²) in [6, 6.07) is 8.57. The molecule has 1 N–H and O–H groups in total. The van der Waals surface area contributed by atoms with E-state index >= 15 is 0 Å². The molecule has 3 aliphatic carbocycles. The largest absolute Gasteiger partial charge is 0.467 e. The zero-order valence-corrected chi connectivity index (χ0v) is 19.5. The Kier molecular flexibility index (Phi) is 4.34. The van der Waals surface area contributed by atoms with Gasteiger partial charge in [-0.15, -0.1) is 0 Å². The molecule has 2 heterocycles. The van der Waals surface area contributed by atoms with Gasteiger partial charge in [0.05, 0.1) is 10.2 Å². The Bertz CT molecular complexity index is 1030. The van der Waals surface area contributed by atoms with E-state index in [9.17, 15) is 4.79 Å². The number of thiazole rings is 1. The maximum absolute atomic E-state index is 12.0. The molecule has 1 amide bonds. The first-order chi connectivity index (χ1) is 14.9. The van der Waals surface area contributed by atoms with Crippen LogP contribution < -0.4 is 10.1 Å². The lowest BCUT2D eigenvalue weighted by atomic mass is 9.46. The average Bonchev–Trinajstić information content (AvgIpc) is 3.28. The van der Waals surface area contributed by atoms with E-state index in [-0.39, 0.29) is 23.5 Å². The minimum atomic E-state index is 0.0817. The van der Waals surface area contributed by atoms with Gasteiger partial charge in [0.25, 0.3) is 5.19 Å². The normalized spacial score (nSPS) is 43.8. The van der Waals surface area contributed by atoms with Crippen molar-refractivity contribution in [2.75, 3.05) is 0 Å². The fourth-order valence-corrected chi connectivity index (χ4v) is 8.69. The SMILES string of the molecule is C[C@H]1C[C@H]2NC(=O)C=C[C@]2(C)[C@H]2CC[C@]3(C)C[C@@H](Oc4nc5ccccc5s4)C[C@H]3[C@H]12. The van der Waals surface area contributed by atoms with Crippen LogP contribution in [0.2, 0.25) is 0 Å². The van der Waals surface area contributed by atoms with Gasteiger partial charge in [0, 0.05) is 11.5 Å². The molecule has 3 saturated carbocycles. The molecule has 31 heavy (non-hydrogen) atoms. The molecule has 0 unspecified atom stereocenters. The van der Waals surface area contributed by atoms with E-state index in [1.54, 1.807) is 17.4 Å². The van der Waals surface area contributed by atoms with Crippen LogP contribution in [0.3, 0.4) is 0 Å². The number of benzene rings is 1. The van der Waals surface area contributed by atoms with Gasteiger partial charge < -0.3 is 10.1 Å². The van der Waals surface area contributed by atoms with E-state index in [1.807, 2.05) is 6.07 Å². The summed E-state index contributed by atoms with van der Waals surface area (Å²) >= 11 is 1.67. The molecule has 0 saturated heterocycles. The molecule has 0 bridgehead atoms. The second-order valence-corrected chi connectivity index (χ2v) is 12.1. The average molecular weight is 437 g/mol. The van der Waals surface area contributed by atoms with E-state index < -0.39 is 0 Å². The highest BCUT2D eigenvalue weighted by atomic mass is 32.1. The topological polar surface area (TPSA) is 51.2 Å². The summed E-state index contributed by atoms with van der Waals surface area (Å²) in [4.78, 5) is 16.8. The molecule has 5 heteroatoms. The van der Waals surface area contributed by atoms with Gasteiger partial charge in [-0.1, -0.05) is 50.3 Å². The highest BCUT2D eigenvalue weighted by molar-refractivity contribution is 7.20. The molecule has 1 aromatic carbocycles. The lowest BCUT2D eigenvalue weighted by Gasteiger charge is -2.60. The van der Waals surface area contributed by atoms with Crippen molar-refractivity contribution < 1.29 is 9.53 Å². The summed E-state index contributed by atoms with van der Waals surface area (Å²) in [6.45, 7) is 7.33. The molecule has 6 rings (SSSR count). The summed E-state index contributed by atoms with van der Waals surface area (Å²) < 4.78 is 7.71. The first-order valence-electron chi connectivity index (χ1n) is 11.9. The highest BCUT2D eigenvalue weighted by Gasteiger charge is 2.61. The van der Waals surface area contributed by atoms with Crippen LogP contribution in [0.1, 0.15) is 52.9 Å². The first kappa shape index (κ1) is 19.8. The number of nitrogens with one attached hydrogen (secondary N) is 1. The van der Waals surface area contributed by atoms with Crippen molar-refractivity contribution in [3.8, 4) is 5.19 Å². The smallest absolute Gasteiger partial charge is 0.274 e. The number of carbonyl (C=O) groups excluding carboxylic acids is 1. The quantitative estimate of drug-likeness (QED) is 0.668. The van der Waals surface area contributed by atoms with Crippen molar-refractivity contribution in [2.45, 2.75) is 65.0 Å². The van der Waals surface area contributed by atoms with Crippen LogP contribution in [0.5, 0.6) is 5.19 Å². The fourth-order valence-electron chi connectivity index (χ4n) is 7.81. The van der Waals surface area contributed by atoms with Crippen molar-refractivity contribution in [3.05, 3.63) is 36.4 Å². The van der Waals surface area contributed by atoms with E-state index in [2.05, 4.69) is 50.4 Å². The van der Waals surface area contributed by atoms with Crippen molar-refractivity contribution >= 4 is 27.5 Å². The third-order valence-corrected chi connectivity index (χ3v) is 10.3. The van der Waals surface area contributed by atoms with Crippen LogP contribution in [-0.2, 0) is 4.79 Å². The van der Waals surface area contributed by atoms with Crippen molar-refractivity contribution in [1.82, 2.24) is 10.3 Å². The molecule has 3 fully saturated rings. The molecular formula is C26H32N2O2S. The summed E-state index contributed by atoms with van der Waals surface area (Å²) in [5, 5.41) is 4.11. The molecule has 4 aliphatic rings. The molecule has 2 aromatic rings. The number of ether oxygens (including phenoxy) is 1. The summed E-state index contributed by atoms with van der Waals surface area (Å²) in [6.07, 6.45) is 10.2. The Labute approximate surface area is 188 Å². The van der Waals surface area contributed by atoms with Crippen LogP contribution in [-0.4, -0.2) is 23.0 Å². The third-order valence-electron chi connectivity index (χ3n) is 9.33. The van der Waals surface area contributed by atoms with Gasteiger partial charge in [0.2, 0.25) is 5.91 Å². The van der Waals surface area contributed by atoms with E-state index in [0.29, 0.717) is 29.1 Å². The van der Waals surface area contributed by atoms with Crippen LogP contribution in [0, 0.1) is 34.5 Å². The van der Waals surface area contributed by atoms with Crippen molar-refractivity contribution in [3.63, 3.8) is 0 Å². The molecule has 1 aliphatic heterocycles. The van der Waals surface area contributed by atoms with Gasteiger partial charge in [0.1, 0.15) is 6.10 Å². The fraction of sp³-hybridized carbons (Fsp3) is 0.615. The third kappa shape index (κ3) is 2.99. The standard InChI is InChI=1S/C26H32N2O2S/c1-15-12-21-26(3,11-9-22(29)28-21)17-8-10-25(2)14-16(13-18(25)23(15)17)30-24-27-19-6-4-5-7-20(19)31-24/h4-7,9,11,15-18,21,23H,8,10,12-14H2,1-3H3,(H,28,29)/t15-,16-,17-,18-,21+,23+,25+,26+/m0/s1. The predicted octanol–water partition coefficient (Wildman–Crippen LogP) is 5.59. The van der Waals surface area contributed by atoms with Crippen LogP contribution in [0.25, 0.3) is 10.2 Å². The van der Waals surface area contributed by atoms with Crippen molar-refractivity contribution in [2.24, 2.45) is 34.5 Å². The number of amides is 1. The van der Waals surface area contributed by atoms with E-state index in [1.165, 1.54) is 17.5 Å². The maximum atomic E-state index is 12.0. The number of carbonyl (C=O) groups is 1. The van der Waals surface area contributed by atoms with Crippen LogP contribution in [0.15, 0.2) is 36.4 Å². The van der Waals surface area contributed by atoms with Crippen molar-refractivity contribution in [1.29, 1.82) is 0 Å². The maximum Gasteiger partial charge on any atom is 0.274 e. The molecule has 164 valence electrons. The number of fused-ring (bicyclic) bond motifs is 6. The number of aromatic nitrogens is 1. The Morgan fingerprint density at radius 1 is 1.19 bits per heavy atom. The zero-order chi connectivity index (χ0) is 21.4. The number of hydrogen-bond acceptors (Lipinski definition) is 4. The van der Waals surface area contributed by atoms with Gasteiger partial charge in [-0.25, -0.2) is 4.98 Å². The Hall–Kier alpha value is -1.88. The van der Waals surface area contributed by atoms with E-state index in [0.717, 1.165) is 30.0 Å². The number of rotatable bonds is 2. The summed E-state index contributed by atoms with van der Waals surface area (Å²) in [5.41, 5.74) is 1.47. The second kappa shape index (κ2) is 6.81. The zero-order valence-electron chi connectivity index (χ0n) is 18.6. The molecule has 8 atom stereocenters. The van der Waals surface area contributed by atoms with Gasteiger partial charge >= 0.3 is 0 Å². The molecule has 0 radical (unpaired) electrons. The number of hydrogen-bond donors (Lipinski definition) is 1. The van der Waals surface area contributed by atoms with E-state index in [4.69, 9.17) is 9.72 Å². The first-order valence-corrected chi connectivity index (χ1v) is 12.7. The Balaban J connectivity index is 1.27. The minimum absolute atomic E-state index is 0.0817. The van der Waals surface area contributed by atoms with Crippen LogP contribution >= 0.6 is 11.3 Å². The van der Waals surface area contributed by atoms with Gasteiger partial charge in [-0.05, 0) is 79.4 Å². The highest BCUT2D eigenvalue weighted by Crippen LogP contribution is 2.64. The molecule has 1 aromatic heterocycles. The molecular weight excluding hydrogens is 404 g/mol. The lowest BCUT2D eigenvalue weighted by molar-refractivity contribution is -0.124. The summed E-state index contributed by atoms with van der Waals surface area (Å²) in [7, 11) is 0. The second-order valence-electron chi connectivity index (χ2n) is 11.1.